The Morgan fingerprint density at radius 2 is 0.800 bits per heavy atom. The van der Waals surface area contributed by atoms with E-state index in [1.165, 1.54) is 0 Å². The van der Waals surface area contributed by atoms with E-state index in [1.54, 1.807) is 57.8 Å². The summed E-state index contributed by atoms with van der Waals surface area (Å²) in [6, 6.07) is 0. The molecule has 17 unspecified atom stereocenters. The van der Waals surface area contributed by atoms with Gasteiger partial charge in [0.25, 0.3) is 0 Å². The van der Waals surface area contributed by atoms with Crippen molar-refractivity contribution in [2.45, 2.75) is 175 Å². The third-order valence-corrected chi connectivity index (χ3v) is 30.1. The molecule has 0 aliphatic heterocycles. The van der Waals surface area contributed by atoms with Crippen LogP contribution in [0.2, 0.25) is 48.4 Å². The minimum Gasteiger partial charge on any atom is -0.0689 e. The van der Waals surface area contributed by atoms with Gasteiger partial charge in [-0.15, -0.1) is 0 Å². The van der Waals surface area contributed by atoms with Crippen LogP contribution in [0.5, 0.6) is 0 Å². The van der Waals surface area contributed by atoms with Crippen LogP contribution in [0.15, 0.2) is 0 Å². The molecule has 6 fully saturated rings. The third-order valence-electron chi connectivity index (χ3n) is 19.3. The molecule has 0 aromatic rings. The van der Waals surface area contributed by atoms with E-state index in [2.05, 4.69) is 95.4 Å². The van der Waals surface area contributed by atoms with Crippen molar-refractivity contribution in [2.24, 2.45) is 94.7 Å². The summed E-state index contributed by atoms with van der Waals surface area (Å²) in [4.78, 5) is 0. The van der Waals surface area contributed by atoms with E-state index in [4.69, 9.17) is 0 Å². The molecule has 17 atom stereocenters. The number of fused-ring (bicyclic) bond motifs is 2. The van der Waals surface area contributed by atoms with Crippen LogP contribution < -0.4 is 0 Å². The van der Waals surface area contributed by atoms with Crippen LogP contribution in [0.1, 0.15) is 127 Å². The molecule has 6 rings (SSSR count). The molecule has 6 saturated carbocycles. The maximum absolute atomic E-state index is 2.93. The second-order valence-electron chi connectivity index (χ2n) is 21.3. The van der Waals surface area contributed by atoms with E-state index in [-0.39, 0.29) is 0 Å². The molecule has 0 amide bonds. The molecule has 0 nitrogen and oxygen atoms in total. The first-order chi connectivity index (χ1) is 21.0. The molecule has 0 N–H and O–H groups in total. The topological polar surface area (TPSA) is 0 Å². The summed E-state index contributed by atoms with van der Waals surface area (Å²) >= 11 is 0. The molecule has 260 valence electrons. The number of hydrogen-bond donors (Lipinski definition) is 0. The van der Waals surface area contributed by atoms with E-state index in [0.717, 1.165) is 117 Å². The van der Waals surface area contributed by atoms with Gasteiger partial charge in [-0.2, -0.15) is 0 Å². The summed E-state index contributed by atoms with van der Waals surface area (Å²) in [5, 5.41) is 0. The molecule has 0 heterocycles. The maximum atomic E-state index is 2.93. The zero-order valence-corrected chi connectivity index (χ0v) is 34.9. The lowest BCUT2D eigenvalue weighted by atomic mass is 9.60. The van der Waals surface area contributed by atoms with Crippen molar-refractivity contribution < 1.29 is 0 Å². The maximum Gasteiger partial charge on any atom is 0.0547 e. The molecule has 6 aliphatic rings. The summed E-state index contributed by atoms with van der Waals surface area (Å²) in [5.41, 5.74) is 4.26. The van der Waals surface area contributed by atoms with Crippen molar-refractivity contribution in [3.63, 3.8) is 0 Å². The Kier molecular flexibility index (Phi) is 9.91. The molecule has 0 radical (unpaired) electrons. The summed E-state index contributed by atoms with van der Waals surface area (Å²) in [5.74, 6) is 15.7. The Hall–Kier alpha value is 0.434. The standard InChI is InChI=1S/C43H80Si2/c1-24(2)38-23-39-34(18-16-20-37(39)43(38)45(13,14)42-31(9)27(5)28(6)32(42)10)33-17-15-19-36-35(33)21-22-40(36)44(11,12)41-29(7)25(3)26(4)30(41)8/h24-43H,15-23H2,1-14H3. The second kappa shape index (κ2) is 12.6. The van der Waals surface area contributed by atoms with E-state index in [1.807, 2.05) is 0 Å². The summed E-state index contributed by atoms with van der Waals surface area (Å²) < 4.78 is 0. The van der Waals surface area contributed by atoms with E-state index >= 15 is 0 Å². The predicted molar refractivity (Wildman–Crippen MR) is 204 cm³/mol. The van der Waals surface area contributed by atoms with Crippen molar-refractivity contribution in [3.8, 4) is 0 Å². The van der Waals surface area contributed by atoms with Gasteiger partial charge in [-0.25, -0.2) is 0 Å². The largest absolute Gasteiger partial charge is 0.0689 e. The summed E-state index contributed by atoms with van der Waals surface area (Å²) in [6.45, 7) is 38.1. The Balaban J connectivity index is 1.25. The summed E-state index contributed by atoms with van der Waals surface area (Å²) in [7, 11) is -2.81. The average molecular weight is 653 g/mol. The first-order valence-electron chi connectivity index (χ1n) is 21.0. The van der Waals surface area contributed by atoms with Crippen LogP contribution in [0.4, 0.5) is 0 Å². The van der Waals surface area contributed by atoms with E-state index in [0.29, 0.717) is 0 Å². The Morgan fingerprint density at radius 3 is 1.29 bits per heavy atom. The molecule has 0 aromatic carbocycles. The Labute approximate surface area is 285 Å². The fourth-order valence-corrected chi connectivity index (χ4v) is 30.0. The highest BCUT2D eigenvalue weighted by molar-refractivity contribution is 6.81. The molecular formula is C43H80Si2. The van der Waals surface area contributed by atoms with Gasteiger partial charge in [0.15, 0.2) is 0 Å². The lowest BCUT2D eigenvalue weighted by Gasteiger charge is -2.51. The van der Waals surface area contributed by atoms with Gasteiger partial charge in [-0.05, 0) is 143 Å². The predicted octanol–water partition coefficient (Wildman–Crippen LogP) is 13.5. The number of rotatable bonds is 6. The minimum absolute atomic E-state index is 0.872. The highest BCUT2D eigenvalue weighted by atomic mass is 28.3. The van der Waals surface area contributed by atoms with Crippen LogP contribution >= 0.6 is 0 Å². The van der Waals surface area contributed by atoms with Crippen molar-refractivity contribution in [1.29, 1.82) is 0 Å². The van der Waals surface area contributed by atoms with Crippen molar-refractivity contribution in [2.75, 3.05) is 0 Å². The second-order valence-corrected chi connectivity index (χ2v) is 31.3. The molecule has 0 bridgehead atoms. The van der Waals surface area contributed by atoms with Gasteiger partial charge in [0, 0.05) is 0 Å². The molecule has 0 spiro atoms. The summed E-state index contributed by atoms with van der Waals surface area (Å²) in [6.07, 6.45) is 14.3. The smallest absolute Gasteiger partial charge is 0.0547 e. The van der Waals surface area contributed by atoms with Crippen molar-refractivity contribution in [3.05, 3.63) is 0 Å². The van der Waals surface area contributed by atoms with Crippen molar-refractivity contribution >= 4 is 16.1 Å². The lowest BCUT2D eigenvalue weighted by molar-refractivity contribution is 0.0427. The zero-order valence-electron chi connectivity index (χ0n) is 32.9. The Morgan fingerprint density at radius 1 is 0.400 bits per heavy atom. The molecular weight excluding hydrogens is 573 g/mol. The fourth-order valence-electron chi connectivity index (χ4n) is 16.9. The highest BCUT2D eigenvalue weighted by Gasteiger charge is 2.62. The fraction of sp³-hybridized carbons (Fsp3) is 1.00. The van der Waals surface area contributed by atoms with Gasteiger partial charge in [-0.3, -0.25) is 0 Å². The van der Waals surface area contributed by atoms with Crippen LogP contribution in [-0.2, 0) is 0 Å². The molecule has 2 heteroatoms. The Bertz CT molecular complexity index is 1000. The zero-order chi connectivity index (χ0) is 32.9. The van der Waals surface area contributed by atoms with Gasteiger partial charge < -0.3 is 0 Å². The van der Waals surface area contributed by atoms with Gasteiger partial charge in [-0.1, -0.05) is 128 Å². The quantitative estimate of drug-likeness (QED) is 0.250. The normalized spacial score (nSPS) is 54.1. The van der Waals surface area contributed by atoms with Gasteiger partial charge in [0.1, 0.15) is 0 Å². The van der Waals surface area contributed by atoms with E-state index < -0.39 is 16.1 Å². The van der Waals surface area contributed by atoms with E-state index in [9.17, 15) is 0 Å². The monoisotopic (exact) mass is 653 g/mol. The first kappa shape index (κ1) is 35.3. The van der Waals surface area contributed by atoms with Gasteiger partial charge >= 0.3 is 0 Å². The minimum atomic E-state index is -1.46. The third kappa shape index (κ3) is 5.43. The van der Waals surface area contributed by atoms with Crippen LogP contribution in [-0.4, -0.2) is 16.1 Å². The molecule has 0 saturated heterocycles. The molecule has 6 aliphatic carbocycles. The SMILES string of the molecule is CC(C)C1CC2C(C3CCCC4C3CCC4[Si](C)(C)C3C(C)C(C)C(C)C3C)CCCC2C1[Si](C)(C)C1C(C)C(C)C(C)C1C. The van der Waals surface area contributed by atoms with Crippen LogP contribution in [0.25, 0.3) is 0 Å². The van der Waals surface area contributed by atoms with Crippen LogP contribution in [0.3, 0.4) is 0 Å². The molecule has 45 heavy (non-hydrogen) atoms. The van der Waals surface area contributed by atoms with Crippen molar-refractivity contribution in [1.82, 2.24) is 0 Å². The average Bonchev–Trinajstić information content (AvgIpc) is 3.70. The lowest BCUT2D eigenvalue weighted by Crippen LogP contribution is -2.48. The molecule has 0 aromatic heterocycles. The highest BCUT2D eigenvalue weighted by Crippen LogP contribution is 2.69. The van der Waals surface area contributed by atoms with Gasteiger partial charge in [0.05, 0.1) is 16.1 Å². The van der Waals surface area contributed by atoms with Gasteiger partial charge in [0.2, 0.25) is 0 Å². The van der Waals surface area contributed by atoms with Crippen LogP contribution in [0, 0.1) is 94.7 Å². The first-order valence-corrected chi connectivity index (χ1v) is 27.3. The number of hydrogen-bond acceptors (Lipinski definition) is 0.